The van der Waals surface area contributed by atoms with E-state index in [0.29, 0.717) is 13.2 Å². The van der Waals surface area contributed by atoms with Crippen molar-refractivity contribution < 1.29 is 9.53 Å². The normalized spacial score (nSPS) is 19.5. The quantitative estimate of drug-likeness (QED) is 0.881. The summed E-state index contributed by atoms with van der Waals surface area (Å²) >= 11 is 1.66. The fraction of sp³-hybridized carbons (Fsp3) is 0.500. The molecule has 7 nitrogen and oxygen atoms in total. The van der Waals surface area contributed by atoms with Crippen LogP contribution in [-0.4, -0.2) is 60.5 Å². The van der Waals surface area contributed by atoms with Gasteiger partial charge in [0.25, 0.3) is 0 Å². The lowest BCUT2D eigenvalue weighted by atomic mass is 9.96. The molecule has 0 aliphatic carbocycles. The Morgan fingerprint density at radius 1 is 1.12 bits per heavy atom. The number of aromatic nitrogens is 2. The molecule has 0 radical (unpaired) electrons. The summed E-state index contributed by atoms with van der Waals surface area (Å²) in [5.74, 6) is 1.08. The molecule has 0 bridgehead atoms. The number of ether oxygens (including phenoxy) is 1. The predicted octanol–water partition coefficient (Wildman–Crippen LogP) is 1.78. The van der Waals surface area contributed by atoms with Crippen LogP contribution in [0.2, 0.25) is 0 Å². The van der Waals surface area contributed by atoms with Gasteiger partial charge in [-0.05, 0) is 36.4 Å². The van der Waals surface area contributed by atoms with Crippen molar-refractivity contribution in [3.8, 4) is 10.6 Å². The lowest BCUT2D eigenvalue weighted by Gasteiger charge is -2.34. The minimum absolute atomic E-state index is 0.0625. The van der Waals surface area contributed by atoms with Crippen LogP contribution in [-0.2, 0) is 9.53 Å². The number of carbonyl (C=O) groups excluding carboxylic acids is 1. The first-order chi connectivity index (χ1) is 12.8. The molecule has 2 aromatic rings. The van der Waals surface area contributed by atoms with Crippen molar-refractivity contribution in [2.75, 3.05) is 44.3 Å². The van der Waals surface area contributed by atoms with Crippen LogP contribution in [0.5, 0.6) is 0 Å². The molecule has 4 heterocycles. The Bertz CT molecular complexity index is 708. The second-order valence-corrected chi connectivity index (χ2v) is 7.54. The molecule has 2 aromatic heterocycles. The zero-order valence-corrected chi connectivity index (χ0v) is 15.5. The molecule has 1 amide bonds. The molecule has 1 N–H and O–H groups in total. The first-order valence-corrected chi connectivity index (χ1v) is 9.93. The highest BCUT2D eigenvalue weighted by atomic mass is 32.1. The molecule has 0 unspecified atom stereocenters. The van der Waals surface area contributed by atoms with Crippen LogP contribution in [0.4, 0.5) is 5.82 Å². The summed E-state index contributed by atoms with van der Waals surface area (Å²) in [6.07, 6.45) is 1.68. The Balaban J connectivity index is 1.29. The zero-order valence-electron chi connectivity index (χ0n) is 14.6. The number of hydrogen-bond donors (Lipinski definition) is 1. The molecule has 0 atom stereocenters. The Labute approximate surface area is 156 Å². The van der Waals surface area contributed by atoms with Crippen molar-refractivity contribution in [1.29, 1.82) is 0 Å². The first kappa shape index (κ1) is 17.4. The molecular weight excluding hydrogens is 350 g/mol. The molecule has 2 aliphatic rings. The third-order valence-corrected chi connectivity index (χ3v) is 5.79. The lowest BCUT2D eigenvalue weighted by molar-refractivity contribution is -0.132. The van der Waals surface area contributed by atoms with Gasteiger partial charge in [-0.2, -0.15) is 0 Å². The van der Waals surface area contributed by atoms with E-state index in [1.54, 1.807) is 11.3 Å². The number of morpholine rings is 1. The molecule has 138 valence electrons. The number of rotatable bonds is 4. The van der Waals surface area contributed by atoms with E-state index in [1.807, 2.05) is 34.7 Å². The van der Waals surface area contributed by atoms with Gasteiger partial charge in [0.1, 0.15) is 5.69 Å². The highest BCUT2D eigenvalue weighted by Crippen LogP contribution is 2.25. The average Bonchev–Trinajstić information content (AvgIpc) is 3.24. The summed E-state index contributed by atoms with van der Waals surface area (Å²) in [5.41, 5.74) is 3.94. The number of hydrogen-bond acceptors (Lipinski definition) is 7. The van der Waals surface area contributed by atoms with E-state index in [1.165, 1.54) is 0 Å². The van der Waals surface area contributed by atoms with Gasteiger partial charge in [-0.3, -0.25) is 10.2 Å². The molecule has 26 heavy (non-hydrogen) atoms. The number of carbonyl (C=O) groups is 1. The summed E-state index contributed by atoms with van der Waals surface area (Å²) in [4.78, 5) is 15.8. The third-order valence-electron chi connectivity index (χ3n) is 4.89. The second kappa shape index (κ2) is 8.11. The number of thiophene rings is 1. The summed E-state index contributed by atoms with van der Waals surface area (Å²) < 4.78 is 5.31. The smallest absolute Gasteiger partial charge is 0.237 e. The van der Waals surface area contributed by atoms with E-state index in [-0.39, 0.29) is 11.8 Å². The van der Waals surface area contributed by atoms with Crippen LogP contribution in [0.3, 0.4) is 0 Å². The van der Waals surface area contributed by atoms with Crippen LogP contribution >= 0.6 is 11.3 Å². The molecule has 4 rings (SSSR count). The Morgan fingerprint density at radius 3 is 2.58 bits per heavy atom. The van der Waals surface area contributed by atoms with Crippen LogP contribution in [0.15, 0.2) is 29.6 Å². The predicted molar refractivity (Wildman–Crippen MR) is 101 cm³/mol. The molecule has 2 fully saturated rings. The van der Waals surface area contributed by atoms with E-state index in [9.17, 15) is 4.79 Å². The molecule has 0 spiro atoms. The highest BCUT2D eigenvalue weighted by molar-refractivity contribution is 7.13. The standard InChI is InChI=1S/C18H23N5O2S/c24-18(21-23-9-11-25-12-10-23)14-5-7-22(8-6-14)17-4-3-15(19-20-17)16-2-1-13-26-16/h1-4,13-14H,5-12H2,(H,21,24). The summed E-state index contributed by atoms with van der Waals surface area (Å²) in [7, 11) is 0. The van der Waals surface area contributed by atoms with Gasteiger partial charge in [0, 0.05) is 32.1 Å². The monoisotopic (exact) mass is 373 g/mol. The second-order valence-electron chi connectivity index (χ2n) is 6.59. The van der Waals surface area contributed by atoms with Gasteiger partial charge in [-0.15, -0.1) is 21.5 Å². The number of nitrogens with one attached hydrogen (secondary N) is 1. The maximum absolute atomic E-state index is 12.4. The van der Waals surface area contributed by atoms with Crippen LogP contribution in [0, 0.1) is 5.92 Å². The van der Waals surface area contributed by atoms with Crippen molar-refractivity contribution in [3.05, 3.63) is 29.6 Å². The minimum atomic E-state index is 0.0625. The first-order valence-electron chi connectivity index (χ1n) is 9.05. The SMILES string of the molecule is O=C(NN1CCOCC1)C1CCN(c2ccc(-c3cccs3)nn2)CC1. The molecule has 2 saturated heterocycles. The van der Waals surface area contributed by atoms with Gasteiger partial charge < -0.3 is 9.64 Å². The van der Waals surface area contributed by atoms with Crippen LogP contribution in [0.1, 0.15) is 12.8 Å². The Kier molecular flexibility index (Phi) is 5.42. The molecule has 0 saturated carbocycles. The molecular formula is C18H23N5O2S. The van der Waals surface area contributed by atoms with Gasteiger partial charge in [0.05, 0.1) is 18.1 Å². The number of amides is 1. The largest absolute Gasteiger partial charge is 0.379 e. The Hall–Kier alpha value is -2.03. The third kappa shape index (κ3) is 4.03. The summed E-state index contributed by atoms with van der Waals surface area (Å²) in [6, 6.07) is 8.11. The molecule has 2 aliphatic heterocycles. The maximum atomic E-state index is 12.4. The Morgan fingerprint density at radius 2 is 1.92 bits per heavy atom. The van der Waals surface area contributed by atoms with Gasteiger partial charge >= 0.3 is 0 Å². The van der Waals surface area contributed by atoms with E-state index in [0.717, 1.165) is 55.4 Å². The number of nitrogens with zero attached hydrogens (tertiary/aromatic N) is 4. The lowest BCUT2D eigenvalue weighted by Crippen LogP contribution is -2.51. The van der Waals surface area contributed by atoms with Gasteiger partial charge in [0.15, 0.2) is 5.82 Å². The van der Waals surface area contributed by atoms with Crippen molar-refractivity contribution in [2.24, 2.45) is 5.92 Å². The van der Waals surface area contributed by atoms with Crippen molar-refractivity contribution in [2.45, 2.75) is 12.8 Å². The number of anilines is 1. The van der Waals surface area contributed by atoms with Crippen LogP contribution in [0.25, 0.3) is 10.6 Å². The fourth-order valence-electron chi connectivity index (χ4n) is 3.34. The van der Waals surface area contributed by atoms with Gasteiger partial charge in [0.2, 0.25) is 5.91 Å². The minimum Gasteiger partial charge on any atom is -0.379 e. The summed E-state index contributed by atoms with van der Waals surface area (Å²) in [5, 5.41) is 12.7. The number of hydrazine groups is 1. The van der Waals surface area contributed by atoms with Crippen LogP contribution < -0.4 is 10.3 Å². The van der Waals surface area contributed by atoms with E-state index >= 15 is 0 Å². The van der Waals surface area contributed by atoms with Crippen molar-refractivity contribution in [1.82, 2.24) is 20.6 Å². The number of piperidine rings is 1. The maximum Gasteiger partial charge on any atom is 0.237 e. The van der Waals surface area contributed by atoms with Crippen molar-refractivity contribution in [3.63, 3.8) is 0 Å². The summed E-state index contributed by atoms with van der Waals surface area (Å²) in [6.45, 7) is 4.54. The average molecular weight is 373 g/mol. The zero-order chi connectivity index (χ0) is 17.8. The van der Waals surface area contributed by atoms with Crippen molar-refractivity contribution >= 4 is 23.1 Å². The fourth-order valence-corrected chi connectivity index (χ4v) is 4.03. The highest BCUT2D eigenvalue weighted by Gasteiger charge is 2.27. The van der Waals surface area contributed by atoms with E-state index < -0.39 is 0 Å². The molecule has 8 heteroatoms. The topological polar surface area (TPSA) is 70.6 Å². The van der Waals surface area contributed by atoms with Gasteiger partial charge in [-0.1, -0.05) is 6.07 Å². The van der Waals surface area contributed by atoms with E-state index in [2.05, 4.69) is 20.5 Å². The van der Waals surface area contributed by atoms with Gasteiger partial charge in [-0.25, -0.2) is 5.01 Å². The van der Waals surface area contributed by atoms with E-state index in [4.69, 9.17) is 4.74 Å². The molecule has 0 aromatic carbocycles.